The molecule has 0 radical (unpaired) electrons. The van der Waals surface area contributed by atoms with Gasteiger partial charge in [-0.25, -0.2) is 9.97 Å². The first-order valence-corrected chi connectivity index (χ1v) is 20.9. The summed E-state index contributed by atoms with van der Waals surface area (Å²) < 4.78 is 15.5. The molecule has 20 nitrogen and oxygen atoms in total. The number of carbonyl (C=O) groups excluding carboxylic acids is 5. The molecule has 2 aromatic carbocycles. The summed E-state index contributed by atoms with van der Waals surface area (Å²) in [5, 5.41) is 28.5. The van der Waals surface area contributed by atoms with E-state index in [0.29, 0.717) is 52.7 Å². The van der Waals surface area contributed by atoms with Crippen LogP contribution in [0.1, 0.15) is 72.1 Å². The Morgan fingerprint density at radius 3 is 2.73 bits per heavy atom. The number of aromatic hydroxyl groups is 1. The molecule has 1 atom stereocenters. The van der Waals surface area contributed by atoms with Crippen molar-refractivity contribution in [1.82, 2.24) is 44.6 Å². The highest BCUT2D eigenvalue weighted by molar-refractivity contribution is 6.63. The lowest BCUT2D eigenvalue weighted by Crippen LogP contribution is -2.54. The van der Waals surface area contributed by atoms with E-state index in [1.165, 1.54) is 18.2 Å². The van der Waals surface area contributed by atoms with Gasteiger partial charge in [-0.2, -0.15) is 9.97 Å². The highest BCUT2D eigenvalue weighted by atomic mass is 16.5. The number of nitrogens with one attached hydrogen (secondary N) is 3. The molecule has 3 aromatic heterocycles. The summed E-state index contributed by atoms with van der Waals surface area (Å²) >= 11 is 0. The molecule has 8 rings (SSSR count). The lowest BCUT2D eigenvalue weighted by molar-refractivity contribution is -0.136. The van der Waals surface area contributed by atoms with E-state index in [2.05, 4.69) is 39.6 Å². The summed E-state index contributed by atoms with van der Waals surface area (Å²) in [7, 11) is 0. The van der Waals surface area contributed by atoms with Crippen LogP contribution in [0, 0.1) is 0 Å². The minimum Gasteiger partial charge on any atom is -0.508 e. The highest BCUT2D eigenvalue weighted by Gasteiger charge is 2.46. The summed E-state index contributed by atoms with van der Waals surface area (Å²) in [6.07, 6.45) is 5.46. The fraction of sp³-hybridized carbons (Fsp3) is 0.439. The second kappa shape index (κ2) is 18.2. The molecule has 0 saturated carbocycles. The van der Waals surface area contributed by atoms with E-state index in [0.717, 1.165) is 30.6 Å². The van der Waals surface area contributed by atoms with E-state index in [9.17, 15) is 34.2 Å². The molecule has 5 aromatic rings. The van der Waals surface area contributed by atoms with E-state index in [1.807, 2.05) is 9.13 Å². The molecule has 62 heavy (non-hydrogen) atoms. The van der Waals surface area contributed by atoms with Crippen molar-refractivity contribution in [2.45, 2.75) is 77.3 Å². The molecule has 1 unspecified atom stereocenters. The Hall–Kier alpha value is -6.61. The van der Waals surface area contributed by atoms with Gasteiger partial charge in [0.25, 0.3) is 24.6 Å². The van der Waals surface area contributed by atoms with Crippen LogP contribution in [0.25, 0.3) is 22.2 Å². The third-order valence-corrected chi connectivity index (χ3v) is 11.4. The van der Waals surface area contributed by atoms with Crippen LogP contribution in [-0.4, -0.2) is 126 Å². The monoisotopic (exact) mass is 849 g/mol. The summed E-state index contributed by atoms with van der Waals surface area (Å²) in [6.45, 7) is 5.91. The molecule has 2 fully saturated rings. The summed E-state index contributed by atoms with van der Waals surface area (Å²) in [5.74, 6) is -1.17. The van der Waals surface area contributed by atoms with Gasteiger partial charge in [-0.1, -0.05) is 18.8 Å². The molecule has 5 N–H and O–H groups in total. The van der Waals surface area contributed by atoms with Crippen molar-refractivity contribution in [1.29, 1.82) is 0 Å². The number of piperidine rings is 1. The van der Waals surface area contributed by atoms with Gasteiger partial charge in [0, 0.05) is 44.8 Å². The van der Waals surface area contributed by atoms with Crippen LogP contribution in [0.5, 0.6) is 11.5 Å². The lowest BCUT2D eigenvalue weighted by Gasteiger charge is -2.33. The predicted molar refractivity (Wildman–Crippen MR) is 226 cm³/mol. The first-order valence-electron chi connectivity index (χ1n) is 20.9. The number of phenols is 1. The van der Waals surface area contributed by atoms with Crippen molar-refractivity contribution >= 4 is 70.3 Å². The Labute approximate surface area is 356 Å². The van der Waals surface area contributed by atoms with Crippen LogP contribution in [0.15, 0.2) is 42.7 Å². The number of imide groups is 2. The van der Waals surface area contributed by atoms with Gasteiger partial charge in [0.1, 0.15) is 23.4 Å². The molecular weight excluding hydrogens is 801 g/mol. The number of benzene rings is 2. The topological polar surface area (TPSA) is 248 Å². The smallest absolute Gasteiger partial charge is 0.266 e. The number of fused-ring (bicyclic) bond motifs is 3. The van der Waals surface area contributed by atoms with Crippen molar-refractivity contribution in [3.8, 4) is 11.5 Å². The van der Waals surface area contributed by atoms with Gasteiger partial charge in [0.2, 0.25) is 17.8 Å². The second-order valence-electron chi connectivity index (χ2n) is 15.7. The normalized spacial score (nSPS) is 16.8. The lowest BCUT2D eigenvalue weighted by atomic mass is 9.52. The highest BCUT2D eigenvalue weighted by Crippen LogP contribution is 2.34. The Morgan fingerprint density at radius 1 is 1.06 bits per heavy atom. The summed E-state index contributed by atoms with van der Waals surface area (Å²) in [4.78, 5) is 85.8. The molecule has 324 valence electrons. The van der Waals surface area contributed by atoms with Crippen molar-refractivity contribution in [2.24, 2.45) is 0 Å². The van der Waals surface area contributed by atoms with E-state index in [1.54, 1.807) is 24.5 Å². The van der Waals surface area contributed by atoms with Crippen LogP contribution in [0.2, 0.25) is 12.6 Å². The Morgan fingerprint density at radius 2 is 1.92 bits per heavy atom. The maximum atomic E-state index is 13.3. The zero-order valence-electron chi connectivity index (χ0n) is 34.5. The number of phenolic OH excluding ortho intramolecular Hbond substituents is 1. The van der Waals surface area contributed by atoms with Crippen LogP contribution in [0.4, 0.5) is 11.8 Å². The van der Waals surface area contributed by atoms with Crippen molar-refractivity contribution in [3.05, 3.63) is 59.7 Å². The van der Waals surface area contributed by atoms with Crippen LogP contribution < -0.4 is 25.5 Å². The number of ether oxygens (including phenoxy) is 2. The van der Waals surface area contributed by atoms with Crippen molar-refractivity contribution < 1.29 is 43.7 Å². The standard InChI is InChI=1S/C41H48BN11O9/c1-24(2)51-23-45-35-36(48-41(49-37(35)51)52-15-4-3-12-42(52)13-17-54)44-21-31-46-27-9-8-25(55)20-29(27)50(31)16-19-61-18-14-43-33(57)22-62-30-7-5-6-26-34(30)40(60)53(39(26)59)28-10-11-32(56)47-38(28)58/h5-9,20,23-24,28,54-55H,3-4,10-19,21-22H2,1-2H3,(H,43,57)(H,44,48,49)(H,47,56,58). The Kier molecular flexibility index (Phi) is 12.3. The number of amides is 5. The molecule has 5 amide bonds. The number of aromatic nitrogens is 6. The average molecular weight is 850 g/mol. The van der Waals surface area contributed by atoms with E-state index >= 15 is 0 Å². The van der Waals surface area contributed by atoms with E-state index in [4.69, 9.17) is 24.4 Å². The zero-order chi connectivity index (χ0) is 43.5. The first kappa shape index (κ1) is 42.1. The Bertz CT molecular complexity index is 2540. The van der Waals surface area contributed by atoms with Crippen molar-refractivity contribution in [3.63, 3.8) is 0 Å². The molecular formula is C41H48BN11O9. The van der Waals surface area contributed by atoms with Crippen molar-refractivity contribution in [2.75, 3.05) is 49.6 Å². The molecule has 0 aliphatic carbocycles. The van der Waals surface area contributed by atoms with Crippen LogP contribution >= 0.6 is 0 Å². The molecule has 6 heterocycles. The molecule has 3 aliphatic rings. The van der Waals surface area contributed by atoms with Crippen LogP contribution in [-0.2, 0) is 32.2 Å². The maximum Gasteiger partial charge on any atom is 0.266 e. The number of imidazole rings is 2. The van der Waals surface area contributed by atoms with E-state index in [-0.39, 0.29) is 81.3 Å². The van der Waals surface area contributed by atoms with Crippen LogP contribution in [0.3, 0.4) is 0 Å². The second-order valence-corrected chi connectivity index (χ2v) is 15.7. The van der Waals surface area contributed by atoms with E-state index < -0.39 is 42.2 Å². The number of nitrogens with zero attached hydrogens (tertiary/aromatic N) is 8. The number of hydrogen-bond acceptors (Lipinski definition) is 15. The number of aliphatic hydroxyl groups excluding tert-OH is 1. The molecule has 3 aliphatic heterocycles. The molecule has 21 heteroatoms. The third-order valence-electron chi connectivity index (χ3n) is 11.4. The van der Waals surface area contributed by atoms with Gasteiger partial charge >= 0.3 is 0 Å². The number of anilines is 2. The fourth-order valence-corrected chi connectivity index (χ4v) is 8.27. The number of hydrogen-bond donors (Lipinski definition) is 5. The minimum atomic E-state index is -1.12. The predicted octanol–water partition coefficient (Wildman–Crippen LogP) is 2.27. The summed E-state index contributed by atoms with van der Waals surface area (Å²) in [6, 6.07) is 8.39. The first-order chi connectivity index (χ1) is 30.0. The molecule has 0 spiro atoms. The summed E-state index contributed by atoms with van der Waals surface area (Å²) in [5.41, 5.74) is 2.73. The SMILES string of the molecule is CC(C)n1cnc2c(NCc3nc4ccc(O)cc4n3CCOCCNC(=O)COc3cccc4c3C(=O)N(C3CCC(=O)NC3=O)C4=O)nc(N3CCCCB3CCO)nc21. The minimum absolute atomic E-state index is 0.00470. The average Bonchev–Trinajstić information content (AvgIpc) is 3.92. The van der Waals surface area contributed by atoms with Gasteiger partial charge in [-0.15, -0.1) is 0 Å². The maximum absolute atomic E-state index is 13.3. The molecule has 2 saturated heterocycles. The quantitative estimate of drug-likeness (QED) is 0.0512. The molecule has 0 bridgehead atoms. The zero-order valence-corrected chi connectivity index (χ0v) is 34.5. The number of rotatable bonds is 17. The van der Waals surface area contributed by atoms with Gasteiger partial charge in [0.05, 0.1) is 48.2 Å². The number of aliphatic hydroxyl groups is 1. The largest absolute Gasteiger partial charge is 0.508 e. The number of carbonyl (C=O) groups is 5. The van der Waals surface area contributed by atoms with Gasteiger partial charge < -0.3 is 44.3 Å². The van der Waals surface area contributed by atoms with Gasteiger partial charge in [-0.3, -0.25) is 34.2 Å². The van der Waals surface area contributed by atoms with Gasteiger partial charge in [-0.05, 0) is 57.3 Å². The third kappa shape index (κ3) is 8.49. The fourth-order valence-electron chi connectivity index (χ4n) is 8.27. The Balaban J connectivity index is 0.879. The van der Waals surface area contributed by atoms with Gasteiger partial charge in [0.15, 0.2) is 23.6 Å².